The van der Waals surface area contributed by atoms with E-state index in [4.69, 9.17) is 16.3 Å². The Labute approximate surface area is 209 Å². The van der Waals surface area contributed by atoms with Crippen LogP contribution in [0.3, 0.4) is 0 Å². The summed E-state index contributed by atoms with van der Waals surface area (Å²) in [6.45, 7) is 2.28. The maximum absolute atomic E-state index is 13.4. The Morgan fingerprint density at radius 3 is 2.54 bits per heavy atom. The SMILES string of the molecule is COC(=O)CN(Cc1ccc(Cl)cc1)C(=O)CCCN1C(=O)c2ccccc2N2C(=O)CCC12C. The van der Waals surface area contributed by atoms with Gasteiger partial charge in [0, 0.05) is 31.0 Å². The number of hydrogen-bond acceptors (Lipinski definition) is 5. The Morgan fingerprint density at radius 2 is 1.83 bits per heavy atom. The van der Waals surface area contributed by atoms with Crippen LogP contribution >= 0.6 is 11.6 Å². The summed E-state index contributed by atoms with van der Waals surface area (Å²) in [5, 5.41) is 0.584. The third kappa shape index (κ3) is 4.89. The molecule has 1 atom stereocenters. The Hall–Kier alpha value is -3.39. The average molecular weight is 498 g/mol. The fourth-order valence-electron chi connectivity index (χ4n) is 4.85. The van der Waals surface area contributed by atoms with Gasteiger partial charge in [-0.05, 0) is 49.6 Å². The molecule has 0 saturated carbocycles. The minimum atomic E-state index is -0.763. The van der Waals surface area contributed by atoms with Crippen molar-refractivity contribution in [2.24, 2.45) is 0 Å². The fraction of sp³-hybridized carbons (Fsp3) is 0.385. The number of rotatable bonds is 8. The first-order valence-electron chi connectivity index (χ1n) is 11.6. The number of methoxy groups -OCH3 is 1. The first kappa shape index (κ1) is 24.7. The van der Waals surface area contributed by atoms with E-state index in [1.165, 1.54) is 12.0 Å². The number of halogens is 1. The van der Waals surface area contributed by atoms with E-state index in [0.29, 0.717) is 42.1 Å². The molecule has 0 aromatic heterocycles. The van der Waals surface area contributed by atoms with Crippen molar-refractivity contribution >= 4 is 41.0 Å². The Bertz CT molecular complexity index is 1150. The van der Waals surface area contributed by atoms with Crippen LogP contribution in [0.25, 0.3) is 0 Å². The lowest BCUT2D eigenvalue weighted by Crippen LogP contribution is -2.62. The standard InChI is InChI=1S/C26H28ClN3O5/c1-26-14-13-23(32)30(26)21-7-4-3-6-20(21)25(34)29(26)15-5-8-22(31)28(17-24(33)35-2)16-18-9-11-19(27)12-10-18/h3-4,6-7,9-12H,5,8,13-17H2,1-2H3. The Kier molecular flexibility index (Phi) is 7.12. The van der Waals surface area contributed by atoms with Crippen LogP contribution in [0.15, 0.2) is 48.5 Å². The van der Waals surface area contributed by atoms with Gasteiger partial charge in [0.2, 0.25) is 11.8 Å². The molecule has 8 nitrogen and oxygen atoms in total. The highest BCUT2D eigenvalue weighted by molar-refractivity contribution is 6.30. The van der Waals surface area contributed by atoms with Crippen LogP contribution < -0.4 is 4.90 Å². The molecule has 9 heteroatoms. The lowest BCUT2D eigenvalue weighted by Gasteiger charge is -2.48. The summed E-state index contributed by atoms with van der Waals surface area (Å²) in [6, 6.07) is 14.2. The molecule has 2 aromatic rings. The summed E-state index contributed by atoms with van der Waals surface area (Å²) in [5.74, 6) is -0.891. The second-order valence-corrected chi connectivity index (χ2v) is 9.41. The summed E-state index contributed by atoms with van der Waals surface area (Å²) in [6.07, 6.45) is 1.43. The van der Waals surface area contributed by atoms with Crippen molar-refractivity contribution in [1.29, 1.82) is 0 Å². The number of para-hydroxylation sites is 1. The molecule has 3 amide bonds. The van der Waals surface area contributed by atoms with E-state index in [9.17, 15) is 19.2 Å². The van der Waals surface area contributed by atoms with Gasteiger partial charge in [-0.1, -0.05) is 35.9 Å². The van der Waals surface area contributed by atoms with Crippen LogP contribution in [0.4, 0.5) is 5.69 Å². The van der Waals surface area contributed by atoms with Crippen LogP contribution in [-0.2, 0) is 25.7 Å². The first-order valence-corrected chi connectivity index (χ1v) is 12.0. The zero-order valence-corrected chi connectivity index (χ0v) is 20.6. The topological polar surface area (TPSA) is 87.2 Å². The Morgan fingerprint density at radius 1 is 1.11 bits per heavy atom. The van der Waals surface area contributed by atoms with Gasteiger partial charge < -0.3 is 14.5 Å². The lowest BCUT2D eigenvalue weighted by molar-refractivity contribution is -0.147. The van der Waals surface area contributed by atoms with Crippen molar-refractivity contribution in [1.82, 2.24) is 9.80 Å². The number of ether oxygens (including phenoxy) is 1. The van der Waals surface area contributed by atoms with Crippen molar-refractivity contribution in [2.75, 3.05) is 25.1 Å². The minimum absolute atomic E-state index is 0.0132. The van der Waals surface area contributed by atoms with Crippen LogP contribution in [-0.4, -0.2) is 59.4 Å². The smallest absolute Gasteiger partial charge is 0.325 e. The van der Waals surface area contributed by atoms with Crippen LogP contribution in [0.2, 0.25) is 5.02 Å². The summed E-state index contributed by atoms with van der Waals surface area (Å²) in [7, 11) is 1.28. The van der Waals surface area contributed by atoms with Crippen molar-refractivity contribution in [3.63, 3.8) is 0 Å². The van der Waals surface area contributed by atoms with Crippen molar-refractivity contribution < 1.29 is 23.9 Å². The van der Waals surface area contributed by atoms with E-state index in [2.05, 4.69) is 0 Å². The number of esters is 1. The molecule has 1 unspecified atom stereocenters. The maximum Gasteiger partial charge on any atom is 0.325 e. The van der Waals surface area contributed by atoms with Crippen LogP contribution in [0, 0.1) is 0 Å². The van der Waals surface area contributed by atoms with Crippen molar-refractivity contribution in [2.45, 2.75) is 44.8 Å². The zero-order chi connectivity index (χ0) is 25.2. The molecule has 1 saturated heterocycles. The number of carbonyl (C=O) groups excluding carboxylic acids is 4. The molecule has 2 aliphatic rings. The molecule has 1 fully saturated rings. The van der Waals surface area contributed by atoms with Gasteiger partial charge in [-0.3, -0.25) is 24.1 Å². The van der Waals surface area contributed by atoms with E-state index in [1.54, 1.807) is 52.3 Å². The molecule has 35 heavy (non-hydrogen) atoms. The quantitative estimate of drug-likeness (QED) is 0.520. The molecule has 4 rings (SSSR count). The van der Waals surface area contributed by atoms with Gasteiger partial charge in [-0.2, -0.15) is 0 Å². The summed E-state index contributed by atoms with van der Waals surface area (Å²) >= 11 is 5.95. The van der Waals surface area contributed by atoms with Gasteiger partial charge in [0.1, 0.15) is 12.2 Å². The summed E-state index contributed by atoms with van der Waals surface area (Å²) in [5.41, 5.74) is 1.20. The number of benzene rings is 2. The molecule has 2 aliphatic heterocycles. The normalized spacial score (nSPS) is 18.8. The average Bonchev–Trinajstić information content (AvgIpc) is 3.16. The van der Waals surface area contributed by atoms with Crippen molar-refractivity contribution in [3.8, 4) is 0 Å². The second kappa shape index (κ2) is 10.1. The summed E-state index contributed by atoms with van der Waals surface area (Å²) in [4.78, 5) is 55.9. The molecule has 184 valence electrons. The molecule has 0 aliphatic carbocycles. The third-order valence-corrected chi connectivity index (χ3v) is 6.96. The molecule has 0 spiro atoms. The van der Waals surface area contributed by atoms with E-state index in [0.717, 1.165) is 5.56 Å². The zero-order valence-electron chi connectivity index (χ0n) is 19.8. The predicted molar refractivity (Wildman–Crippen MR) is 131 cm³/mol. The highest BCUT2D eigenvalue weighted by Gasteiger charge is 2.52. The van der Waals surface area contributed by atoms with Gasteiger partial charge >= 0.3 is 5.97 Å². The number of amides is 3. The van der Waals surface area contributed by atoms with Crippen molar-refractivity contribution in [3.05, 3.63) is 64.7 Å². The monoisotopic (exact) mass is 497 g/mol. The third-order valence-electron chi connectivity index (χ3n) is 6.70. The molecular formula is C26H28ClN3O5. The number of carbonyl (C=O) groups is 4. The first-order chi connectivity index (χ1) is 16.7. The summed E-state index contributed by atoms with van der Waals surface area (Å²) < 4.78 is 4.76. The molecular weight excluding hydrogens is 470 g/mol. The van der Waals surface area contributed by atoms with Gasteiger partial charge in [-0.25, -0.2) is 0 Å². The number of fused-ring (bicyclic) bond motifs is 3. The number of anilines is 1. The molecule has 0 bridgehead atoms. The van der Waals surface area contributed by atoms with E-state index in [-0.39, 0.29) is 37.2 Å². The largest absolute Gasteiger partial charge is 0.468 e. The predicted octanol–water partition coefficient (Wildman–Crippen LogP) is 3.62. The van der Waals surface area contributed by atoms with Gasteiger partial charge in [-0.15, -0.1) is 0 Å². The molecule has 0 radical (unpaired) electrons. The van der Waals surface area contributed by atoms with Crippen LogP contribution in [0.5, 0.6) is 0 Å². The minimum Gasteiger partial charge on any atom is -0.468 e. The lowest BCUT2D eigenvalue weighted by atomic mass is 9.98. The second-order valence-electron chi connectivity index (χ2n) is 8.98. The Balaban J connectivity index is 1.46. The number of hydrogen-bond donors (Lipinski definition) is 0. The molecule has 0 N–H and O–H groups in total. The maximum atomic E-state index is 13.4. The highest BCUT2D eigenvalue weighted by atomic mass is 35.5. The number of nitrogens with zero attached hydrogens (tertiary/aromatic N) is 3. The van der Waals surface area contributed by atoms with E-state index >= 15 is 0 Å². The van der Waals surface area contributed by atoms with Gasteiger partial charge in [0.15, 0.2) is 0 Å². The van der Waals surface area contributed by atoms with E-state index < -0.39 is 11.6 Å². The van der Waals surface area contributed by atoms with E-state index in [1.807, 2.05) is 13.0 Å². The van der Waals surface area contributed by atoms with Gasteiger partial charge in [0.05, 0.1) is 18.4 Å². The van der Waals surface area contributed by atoms with Gasteiger partial charge in [0.25, 0.3) is 5.91 Å². The highest BCUT2D eigenvalue weighted by Crippen LogP contribution is 2.44. The fourth-order valence-corrected chi connectivity index (χ4v) is 4.98. The molecule has 2 aromatic carbocycles. The van der Waals surface area contributed by atoms with Crippen LogP contribution in [0.1, 0.15) is 48.5 Å². The molecule has 2 heterocycles.